The van der Waals surface area contributed by atoms with Gasteiger partial charge in [-0.3, -0.25) is 0 Å². The van der Waals surface area contributed by atoms with E-state index >= 15 is 0 Å². The van der Waals surface area contributed by atoms with Crippen molar-refractivity contribution in [3.05, 3.63) is 94.0 Å². The molecule has 3 aromatic rings. The fraction of sp³-hybridized carbons (Fsp3) is 0.250. The van der Waals surface area contributed by atoms with Crippen LogP contribution in [0.25, 0.3) is 11.1 Å². The number of rotatable bonds is 5. The first kappa shape index (κ1) is 20.4. The van der Waals surface area contributed by atoms with Crippen molar-refractivity contribution in [3.63, 3.8) is 0 Å². The van der Waals surface area contributed by atoms with Gasteiger partial charge in [-0.25, -0.2) is 0 Å². The highest BCUT2D eigenvalue weighted by molar-refractivity contribution is 6.42. The number of aliphatic hydroxyl groups excluding tert-OH is 1. The van der Waals surface area contributed by atoms with E-state index in [2.05, 4.69) is 17.4 Å². The van der Waals surface area contributed by atoms with Gasteiger partial charge in [0.25, 0.3) is 0 Å². The summed E-state index contributed by atoms with van der Waals surface area (Å²) in [6, 6.07) is 23.9. The first-order valence-corrected chi connectivity index (χ1v) is 10.5. The molecular weight excluding hydrogens is 405 g/mol. The molecule has 150 valence electrons. The smallest absolute Gasteiger partial charge is 0.115 e. The van der Waals surface area contributed by atoms with Crippen LogP contribution in [0.5, 0.6) is 0 Å². The Morgan fingerprint density at radius 2 is 1.72 bits per heavy atom. The molecule has 2 N–H and O–H groups in total. The summed E-state index contributed by atoms with van der Waals surface area (Å²) in [4.78, 5) is 0. The summed E-state index contributed by atoms with van der Waals surface area (Å²) >= 11 is 12.4. The number of morpholine rings is 1. The fourth-order valence-corrected chi connectivity index (χ4v) is 4.49. The number of aliphatic hydroxyl groups is 1. The van der Waals surface area contributed by atoms with Crippen molar-refractivity contribution in [3.8, 4) is 11.1 Å². The van der Waals surface area contributed by atoms with E-state index in [1.54, 1.807) is 0 Å². The van der Waals surface area contributed by atoms with Crippen LogP contribution in [0.3, 0.4) is 0 Å². The van der Waals surface area contributed by atoms with Crippen LogP contribution in [-0.4, -0.2) is 31.4 Å². The van der Waals surface area contributed by atoms with Crippen LogP contribution < -0.4 is 5.32 Å². The van der Waals surface area contributed by atoms with Gasteiger partial charge in [0.15, 0.2) is 0 Å². The number of nitrogens with one attached hydrogen (secondary N) is 1. The van der Waals surface area contributed by atoms with Crippen LogP contribution in [0.1, 0.15) is 17.0 Å². The van der Waals surface area contributed by atoms with Crippen LogP contribution in [-0.2, 0) is 10.3 Å². The molecule has 0 aromatic heterocycles. The molecule has 1 fully saturated rings. The Bertz CT molecular complexity index is 972. The molecule has 4 rings (SSSR count). The normalized spacial score (nSPS) is 20.4. The topological polar surface area (TPSA) is 41.5 Å². The molecule has 2 unspecified atom stereocenters. The third kappa shape index (κ3) is 3.94. The lowest BCUT2D eigenvalue weighted by Crippen LogP contribution is -2.52. The minimum atomic E-state index is -0.711. The van der Waals surface area contributed by atoms with Crippen molar-refractivity contribution >= 4 is 23.2 Å². The molecule has 5 heteroatoms. The molecule has 0 radical (unpaired) electrons. The second kappa shape index (κ2) is 8.86. The van der Waals surface area contributed by atoms with Crippen LogP contribution in [0.4, 0.5) is 0 Å². The van der Waals surface area contributed by atoms with Crippen molar-refractivity contribution in [2.45, 2.75) is 11.5 Å². The van der Waals surface area contributed by atoms with Crippen LogP contribution in [0.15, 0.2) is 72.8 Å². The lowest BCUT2D eigenvalue weighted by atomic mass is 9.74. The third-order valence-corrected chi connectivity index (χ3v) is 6.33. The second-order valence-electron chi connectivity index (χ2n) is 7.24. The zero-order valence-electron chi connectivity index (χ0n) is 15.9. The third-order valence-electron chi connectivity index (χ3n) is 5.59. The lowest BCUT2D eigenvalue weighted by Gasteiger charge is -2.44. The molecule has 1 heterocycles. The van der Waals surface area contributed by atoms with Gasteiger partial charge in [0, 0.05) is 19.0 Å². The fourth-order valence-electron chi connectivity index (χ4n) is 4.19. The van der Waals surface area contributed by atoms with E-state index < -0.39 is 5.60 Å². The van der Waals surface area contributed by atoms with Crippen LogP contribution >= 0.6 is 23.2 Å². The van der Waals surface area contributed by atoms with Crippen molar-refractivity contribution in [2.24, 2.45) is 0 Å². The van der Waals surface area contributed by atoms with Crippen LogP contribution in [0, 0.1) is 0 Å². The molecule has 0 spiro atoms. The Morgan fingerprint density at radius 1 is 0.966 bits per heavy atom. The molecule has 3 nitrogen and oxygen atoms in total. The summed E-state index contributed by atoms with van der Waals surface area (Å²) in [5, 5.41) is 15.0. The Kier molecular flexibility index (Phi) is 6.23. The Labute approximate surface area is 181 Å². The van der Waals surface area contributed by atoms with E-state index in [4.69, 9.17) is 27.9 Å². The predicted molar refractivity (Wildman–Crippen MR) is 119 cm³/mol. The number of hydrogen-bond donors (Lipinski definition) is 2. The highest BCUT2D eigenvalue weighted by Crippen LogP contribution is 2.45. The van der Waals surface area contributed by atoms with Gasteiger partial charge in [-0.1, -0.05) is 83.9 Å². The van der Waals surface area contributed by atoms with Gasteiger partial charge in [-0.2, -0.15) is 0 Å². The highest BCUT2D eigenvalue weighted by atomic mass is 35.5. The van der Waals surface area contributed by atoms with Gasteiger partial charge < -0.3 is 15.2 Å². The predicted octanol–water partition coefficient (Wildman–Crippen LogP) is 5.25. The monoisotopic (exact) mass is 427 g/mol. The molecule has 2 atom stereocenters. The summed E-state index contributed by atoms with van der Waals surface area (Å²) in [6.07, 6.45) is 0. The molecule has 0 bridgehead atoms. The number of hydrogen-bond acceptors (Lipinski definition) is 3. The van der Waals surface area contributed by atoms with Crippen molar-refractivity contribution < 1.29 is 9.84 Å². The van der Waals surface area contributed by atoms with E-state index in [-0.39, 0.29) is 12.5 Å². The maximum Gasteiger partial charge on any atom is 0.115 e. The Morgan fingerprint density at radius 3 is 2.41 bits per heavy atom. The maximum absolute atomic E-state index is 10.5. The molecule has 0 amide bonds. The molecule has 1 aliphatic rings. The zero-order valence-corrected chi connectivity index (χ0v) is 17.5. The molecular formula is C24H23Cl2NO2. The first-order valence-electron chi connectivity index (χ1n) is 9.71. The Hall–Kier alpha value is -1.88. The highest BCUT2D eigenvalue weighted by Gasteiger charge is 2.45. The summed E-state index contributed by atoms with van der Waals surface area (Å²) < 4.78 is 6.49. The van der Waals surface area contributed by atoms with E-state index in [9.17, 15) is 5.11 Å². The average Bonchev–Trinajstić information content (AvgIpc) is 2.77. The molecule has 3 aromatic carbocycles. The van der Waals surface area contributed by atoms with Gasteiger partial charge in [0.2, 0.25) is 0 Å². The van der Waals surface area contributed by atoms with E-state index in [1.807, 2.05) is 60.7 Å². The SMILES string of the molecule is OCC(c1ccccc1)C1(c2ccccc2-c2ccc(Cl)c(Cl)c2)CNCCO1. The zero-order chi connectivity index (χ0) is 20.3. The number of benzene rings is 3. The minimum Gasteiger partial charge on any atom is -0.396 e. The largest absolute Gasteiger partial charge is 0.396 e. The first-order chi connectivity index (χ1) is 14.2. The van der Waals surface area contributed by atoms with Gasteiger partial charge in [-0.15, -0.1) is 0 Å². The van der Waals surface area contributed by atoms with Gasteiger partial charge in [0.05, 0.1) is 23.3 Å². The van der Waals surface area contributed by atoms with Crippen LogP contribution in [0.2, 0.25) is 10.0 Å². The minimum absolute atomic E-state index is 0.0264. The Balaban J connectivity index is 1.90. The summed E-state index contributed by atoms with van der Waals surface area (Å²) in [6.45, 7) is 1.93. The number of halogens is 2. The van der Waals surface area contributed by atoms with Crippen molar-refractivity contribution in [1.29, 1.82) is 0 Å². The second-order valence-corrected chi connectivity index (χ2v) is 8.05. The summed E-state index contributed by atoms with van der Waals surface area (Å²) in [7, 11) is 0. The molecule has 1 aliphatic heterocycles. The molecule has 1 saturated heterocycles. The quantitative estimate of drug-likeness (QED) is 0.583. The van der Waals surface area contributed by atoms with E-state index in [1.165, 1.54) is 0 Å². The van der Waals surface area contributed by atoms with E-state index in [0.717, 1.165) is 28.8 Å². The van der Waals surface area contributed by atoms with E-state index in [0.29, 0.717) is 23.2 Å². The van der Waals surface area contributed by atoms with Crippen molar-refractivity contribution in [2.75, 3.05) is 26.3 Å². The standard InChI is InChI=1S/C24H23Cl2NO2/c25-22-11-10-18(14-23(22)26)19-8-4-5-9-20(19)24(16-27-12-13-29-24)21(15-28)17-6-2-1-3-7-17/h1-11,14,21,27-28H,12-13,15-16H2. The van der Waals surface area contributed by atoms with Gasteiger partial charge in [-0.05, 0) is 34.4 Å². The lowest BCUT2D eigenvalue weighted by molar-refractivity contribution is -0.0987. The molecule has 0 saturated carbocycles. The number of ether oxygens (including phenoxy) is 1. The molecule has 29 heavy (non-hydrogen) atoms. The van der Waals surface area contributed by atoms with Crippen molar-refractivity contribution in [1.82, 2.24) is 5.32 Å². The molecule has 0 aliphatic carbocycles. The van der Waals surface area contributed by atoms with Gasteiger partial charge >= 0.3 is 0 Å². The summed E-state index contributed by atoms with van der Waals surface area (Å²) in [5.41, 5.74) is 3.34. The summed E-state index contributed by atoms with van der Waals surface area (Å²) in [5.74, 6) is -0.222. The van der Waals surface area contributed by atoms with Gasteiger partial charge in [0.1, 0.15) is 5.60 Å². The maximum atomic E-state index is 10.5. The average molecular weight is 428 g/mol.